The number of nitrogens with zero attached hydrogens (tertiary/aromatic N) is 1. The third-order valence-electron chi connectivity index (χ3n) is 4.10. The van der Waals surface area contributed by atoms with Gasteiger partial charge < -0.3 is 5.32 Å². The Bertz CT molecular complexity index is 437. The van der Waals surface area contributed by atoms with Gasteiger partial charge in [-0.1, -0.05) is 32.0 Å². The zero-order valence-corrected chi connectivity index (χ0v) is 14.6. The van der Waals surface area contributed by atoms with E-state index in [9.17, 15) is 4.39 Å². The third kappa shape index (κ3) is 5.40. The molecule has 0 fully saturated rings. The van der Waals surface area contributed by atoms with Crippen molar-refractivity contribution < 1.29 is 4.39 Å². The van der Waals surface area contributed by atoms with Crippen LogP contribution in [-0.4, -0.2) is 30.1 Å². The van der Waals surface area contributed by atoms with Gasteiger partial charge in [-0.2, -0.15) is 0 Å². The molecular weight excluding hydrogens is 263 g/mol. The van der Waals surface area contributed by atoms with Crippen LogP contribution in [0.5, 0.6) is 0 Å². The molecule has 0 radical (unpaired) electrons. The molecule has 0 saturated carbocycles. The fourth-order valence-corrected chi connectivity index (χ4v) is 2.58. The molecule has 0 aromatic heterocycles. The van der Waals surface area contributed by atoms with E-state index in [2.05, 4.69) is 58.8 Å². The summed E-state index contributed by atoms with van der Waals surface area (Å²) in [6.07, 6.45) is 0. The summed E-state index contributed by atoms with van der Waals surface area (Å²) in [5.41, 5.74) is 0.858. The fraction of sp³-hybridized carbons (Fsp3) is 0.667. The Hall–Kier alpha value is -0.930. The molecule has 0 saturated heterocycles. The fourth-order valence-electron chi connectivity index (χ4n) is 2.58. The molecule has 1 rings (SSSR count). The molecule has 3 heteroatoms. The van der Waals surface area contributed by atoms with Gasteiger partial charge in [0.15, 0.2) is 0 Å². The van der Waals surface area contributed by atoms with Crippen molar-refractivity contribution in [3.8, 4) is 0 Å². The molecule has 2 unspecified atom stereocenters. The maximum atomic E-state index is 14.0. The van der Waals surface area contributed by atoms with Crippen LogP contribution in [0.15, 0.2) is 24.3 Å². The van der Waals surface area contributed by atoms with Crippen molar-refractivity contribution in [2.45, 2.75) is 59.2 Å². The average Bonchev–Trinajstić information content (AvgIpc) is 2.36. The first kappa shape index (κ1) is 18.1. The maximum absolute atomic E-state index is 14.0. The predicted octanol–water partition coefficient (Wildman–Crippen LogP) is 4.23. The van der Waals surface area contributed by atoms with E-state index in [1.165, 1.54) is 6.07 Å². The molecule has 0 aliphatic carbocycles. The summed E-state index contributed by atoms with van der Waals surface area (Å²) >= 11 is 0. The molecular formula is C18H31FN2. The highest BCUT2D eigenvalue weighted by Gasteiger charge is 2.26. The normalized spacial score (nSPS) is 15.5. The van der Waals surface area contributed by atoms with Crippen LogP contribution in [0.3, 0.4) is 0 Å². The zero-order valence-electron chi connectivity index (χ0n) is 14.6. The van der Waals surface area contributed by atoms with Gasteiger partial charge in [0.1, 0.15) is 5.82 Å². The van der Waals surface area contributed by atoms with Gasteiger partial charge in [-0.15, -0.1) is 0 Å². The predicted molar refractivity (Wildman–Crippen MR) is 89.0 cm³/mol. The van der Waals surface area contributed by atoms with Crippen molar-refractivity contribution in [2.75, 3.05) is 13.6 Å². The van der Waals surface area contributed by atoms with Crippen LogP contribution in [0.2, 0.25) is 0 Å². The van der Waals surface area contributed by atoms with Crippen molar-refractivity contribution in [1.29, 1.82) is 0 Å². The monoisotopic (exact) mass is 294 g/mol. The summed E-state index contributed by atoms with van der Waals surface area (Å²) in [6.45, 7) is 13.9. The minimum atomic E-state index is -0.122. The minimum absolute atomic E-state index is 0.0559. The van der Waals surface area contributed by atoms with Crippen LogP contribution >= 0.6 is 0 Å². The molecule has 2 atom stereocenters. The number of rotatable bonds is 6. The smallest absolute Gasteiger partial charge is 0.127 e. The van der Waals surface area contributed by atoms with E-state index in [-0.39, 0.29) is 17.4 Å². The quantitative estimate of drug-likeness (QED) is 0.844. The van der Waals surface area contributed by atoms with E-state index in [4.69, 9.17) is 0 Å². The van der Waals surface area contributed by atoms with Gasteiger partial charge in [0.05, 0.1) is 0 Å². The molecule has 1 aromatic rings. The Balaban J connectivity index is 2.85. The molecule has 0 aliphatic rings. The van der Waals surface area contributed by atoms with E-state index in [0.29, 0.717) is 12.0 Å². The van der Waals surface area contributed by atoms with Crippen LogP contribution in [0.25, 0.3) is 0 Å². The number of halogens is 1. The van der Waals surface area contributed by atoms with E-state index >= 15 is 0 Å². The molecule has 0 aliphatic heterocycles. The summed E-state index contributed by atoms with van der Waals surface area (Å²) in [6, 6.07) is 7.48. The second-order valence-electron chi connectivity index (χ2n) is 7.31. The molecule has 1 aromatic carbocycles. The summed E-state index contributed by atoms with van der Waals surface area (Å²) < 4.78 is 14.0. The molecule has 0 amide bonds. The lowest BCUT2D eigenvalue weighted by atomic mass is 9.97. The Morgan fingerprint density at radius 3 is 2.19 bits per heavy atom. The van der Waals surface area contributed by atoms with Crippen molar-refractivity contribution in [1.82, 2.24) is 10.2 Å². The molecule has 0 spiro atoms. The number of hydrogen-bond donors (Lipinski definition) is 1. The van der Waals surface area contributed by atoms with Gasteiger partial charge in [0.2, 0.25) is 0 Å². The van der Waals surface area contributed by atoms with E-state index in [0.717, 1.165) is 12.1 Å². The standard InChI is InChI=1S/C18H31FN2/c1-13(2)17(12-20-18(4,5)6)21(7)14(3)15-10-8-9-11-16(15)19/h8-11,13-14,17,20H,12H2,1-7H3. The third-order valence-corrected chi connectivity index (χ3v) is 4.10. The molecule has 120 valence electrons. The summed E-state index contributed by atoms with van der Waals surface area (Å²) in [7, 11) is 2.09. The zero-order chi connectivity index (χ0) is 16.2. The first-order valence-corrected chi connectivity index (χ1v) is 7.85. The Kier molecular flexibility index (Phi) is 6.36. The Morgan fingerprint density at radius 2 is 1.71 bits per heavy atom. The van der Waals surface area contributed by atoms with Crippen LogP contribution < -0.4 is 5.32 Å². The van der Waals surface area contributed by atoms with Gasteiger partial charge in [0, 0.05) is 29.7 Å². The second-order valence-corrected chi connectivity index (χ2v) is 7.31. The van der Waals surface area contributed by atoms with E-state index in [1.807, 2.05) is 12.1 Å². The topological polar surface area (TPSA) is 15.3 Å². The first-order valence-electron chi connectivity index (χ1n) is 7.85. The second kappa shape index (κ2) is 7.37. The summed E-state index contributed by atoms with van der Waals surface area (Å²) in [5.74, 6) is 0.377. The van der Waals surface area contributed by atoms with Crippen molar-refractivity contribution in [3.63, 3.8) is 0 Å². The lowest BCUT2D eigenvalue weighted by Gasteiger charge is -2.38. The highest BCUT2D eigenvalue weighted by atomic mass is 19.1. The molecule has 2 nitrogen and oxygen atoms in total. The average molecular weight is 294 g/mol. The molecule has 0 bridgehead atoms. The largest absolute Gasteiger partial charge is 0.311 e. The SMILES string of the molecule is CC(C)C(CNC(C)(C)C)N(C)C(C)c1ccccc1F. The molecule has 21 heavy (non-hydrogen) atoms. The summed E-state index contributed by atoms with van der Waals surface area (Å²) in [5, 5.41) is 3.57. The Labute approximate surface area is 129 Å². The van der Waals surface area contributed by atoms with Crippen molar-refractivity contribution in [3.05, 3.63) is 35.6 Å². The highest BCUT2D eigenvalue weighted by Crippen LogP contribution is 2.25. The van der Waals surface area contributed by atoms with Gasteiger partial charge in [-0.05, 0) is 46.7 Å². The summed E-state index contributed by atoms with van der Waals surface area (Å²) in [4.78, 5) is 2.28. The lowest BCUT2D eigenvalue weighted by molar-refractivity contribution is 0.132. The Morgan fingerprint density at radius 1 is 1.14 bits per heavy atom. The minimum Gasteiger partial charge on any atom is -0.311 e. The van der Waals surface area contributed by atoms with E-state index < -0.39 is 0 Å². The number of benzene rings is 1. The van der Waals surface area contributed by atoms with E-state index in [1.54, 1.807) is 6.07 Å². The van der Waals surface area contributed by atoms with Gasteiger partial charge >= 0.3 is 0 Å². The maximum Gasteiger partial charge on any atom is 0.127 e. The van der Waals surface area contributed by atoms with Crippen LogP contribution in [0.1, 0.15) is 53.1 Å². The first-order chi connectivity index (χ1) is 9.63. The van der Waals surface area contributed by atoms with Crippen molar-refractivity contribution >= 4 is 0 Å². The number of likely N-dealkylation sites (N-methyl/N-ethyl adjacent to an activating group) is 1. The van der Waals surface area contributed by atoms with Crippen LogP contribution in [-0.2, 0) is 0 Å². The van der Waals surface area contributed by atoms with Gasteiger partial charge in [-0.25, -0.2) is 4.39 Å². The van der Waals surface area contributed by atoms with Crippen LogP contribution in [0.4, 0.5) is 4.39 Å². The van der Waals surface area contributed by atoms with Crippen molar-refractivity contribution in [2.24, 2.45) is 5.92 Å². The lowest BCUT2D eigenvalue weighted by Crippen LogP contribution is -2.49. The molecule has 1 N–H and O–H groups in total. The van der Waals surface area contributed by atoms with Gasteiger partial charge in [-0.3, -0.25) is 4.90 Å². The highest BCUT2D eigenvalue weighted by molar-refractivity contribution is 5.20. The number of hydrogen-bond acceptors (Lipinski definition) is 2. The number of nitrogens with one attached hydrogen (secondary N) is 1. The molecule has 0 heterocycles. The van der Waals surface area contributed by atoms with Crippen LogP contribution in [0, 0.1) is 11.7 Å². The van der Waals surface area contributed by atoms with Gasteiger partial charge in [0.25, 0.3) is 0 Å².